The van der Waals surface area contributed by atoms with Gasteiger partial charge in [0.2, 0.25) is 0 Å². The van der Waals surface area contributed by atoms with E-state index >= 15 is 0 Å². The zero-order valence-corrected chi connectivity index (χ0v) is 9.15. The third-order valence-electron chi connectivity index (χ3n) is 2.05. The first-order chi connectivity index (χ1) is 6.43. The van der Waals surface area contributed by atoms with Crippen LogP contribution in [0.1, 0.15) is 43.9 Å². The van der Waals surface area contributed by atoms with Crippen LogP contribution < -0.4 is 0 Å². The second-order valence-electron chi connectivity index (χ2n) is 3.27. The molecule has 13 heavy (non-hydrogen) atoms. The molecule has 0 unspecified atom stereocenters. The van der Waals surface area contributed by atoms with Gasteiger partial charge in [-0.05, 0) is 30.4 Å². The first-order valence-corrected chi connectivity index (χ1v) is 6.01. The molecule has 1 aromatic heterocycles. The van der Waals surface area contributed by atoms with Gasteiger partial charge in [0.05, 0.1) is 0 Å². The van der Waals surface area contributed by atoms with E-state index in [0.29, 0.717) is 0 Å². The summed E-state index contributed by atoms with van der Waals surface area (Å²) in [4.78, 5) is 1.37. The molecular formula is C12H18S. The average molecular weight is 194 g/mol. The monoisotopic (exact) mass is 194 g/mol. The van der Waals surface area contributed by atoms with E-state index in [9.17, 15) is 0 Å². The summed E-state index contributed by atoms with van der Waals surface area (Å²) in [5.74, 6) is 0. The number of hydrogen-bond acceptors (Lipinski definition) is 1. The Morgan fingerprint density at radius 1 is 1.31 bits per heavy atom. The summed E-state index contributed by atoms with van der Waals surface area (Å²) in [6.07, 6.45) is 11.2. The van der Waals surface area contributed by atoms with Crippen molar-refractivity contribution in [2.75, 3.05) is 0 Å². The minimum Gasteiger partial charge on any atom is -0.144 e. The summed E-state index contributed by atoms with van der Waals surface area (Å²) in [6.45, 7) is 2.25. The summed E-state index contributed by atoms with van der Waals surface area (Å²) >= 11 is 1.80. The average Bonchev–Trinajstić information content (AvgIpc) is 2.63. The highest BCUT2D eigenvalue weighted by Crippen LogP contribution is 2.11. The van der Waals surface area contributed by atoms with E-state index in [1.807, 2.05) is 0 Å². The maximum atomic E-state index is 2.29. The fourth-order valence-corrected chi connectivity index (χ4v) is 1.92. The number of unbranched alkanes of at least 4 members (excludes halogenated alkanes) is 4. The largest absolute Gasteiger partial charge is 0.144 e. The van der Waals surface area contributed by atoms with Crippen LogP contribution in [0.3, 0.4) is 0 Å². The van der Waals surface area contributed by atoms with Crippen LogP contribution >= 0.6 is 11.3 Å². The fraction of sp³-hybridized carbons (Fsp3) is 0.500. The van der Waals surface area contributed by atoms with E-state index in [-0.39, 0.29) is 0 Å². The van der Waals surface area contributed by atoms with Crippen molar-refractivity contribution in [1.82, 2.24) is 0 Å². The van der Waals surface area contributed by atoms with Gasteiger partial charge in [0, 0.05) is 4.88 Å². The van der Waals surface area contributed by atoms with Crippen molar-refractivity contribution < 1.29 is 0 Å². The van der Waals surface area contributed by atoms with E-state index in [1.165, 1.54) is 37.0 Å². The van der Waals surface area contributed by atoms with Crippen LogP contribution in [0.2, 0.25) is 0 Å². The van der Waals surface area contributed by atoms with Crippen molar-refractivity contribution in [1.29, 1.82) is 0 Å². The molecule has 0 N–H and O–H groups in total. The summed E-state index contributed by atoms with van der Waals surface area (Å²) in [5, 5.41) is 2.12. The Bertz CT molecular complexity index is 221. The molecule has 1 aromatic rings. The van der Waals surface area contributed by atoms with Crippen LogP contribution in [-0.2, 0) is 0 Å². The Morgan fingerprint density at radius 2 is 2.23 bits per heavy atom. The Labute approximate surface area is 85.3 Å². The van der Waals surface area contributed by atoms with Crippen molar-refractivity contribution in [2.24, 2.45) is 0 Å². The van der Waals surface area contributed by atoms with E-state index in [4.69, 9.17) is 0 Å². The number of hydrogen-bond donors (Lipinski definition) is 0. The molecule has 1 heteroatoms. The van der Waals surface area contributed by atoms with Gasteiger partial charge in [0.25, 0.3) is 0 Å². The van der Waals surface area contributed by atoms with Crippen molar-refractivity contribution in [3.63, 3.8) is 0 Å². The quantitative estimate of drug-likeness (QED) is 0.574. The van der Waals surface area contributed by atoms with Gasteiger partial charge in [-0.25, -0.2) is 0 Å². The molecule has 0 nitrogen and oxygen atoms in total. The Kier molecular flexibility index (Phi) is 5.59. The molecule has 72 valence electrons. The van der Waals surface area contributed by atoms with E-state index < -0.39 is 0 Å². The highest BCUT2D eigenvalue weighted by Gasteiger charge is 1.86. The molecule has 1 heterocycles. The molecule has 0 radical (unpaired) electrons. The molecule has 0 amide bonds. The van der Waals surface area contributed by atoms with Gasteiger partial charge in [-0.3, -0.25) is 0 Å². The van der Waals surface area contributed by atoms with E-state index in [1.54, 1.807) is 11.3 Å². The summed E-state index contributed by atoms with van der Waals surface area (Å²) < 4.78 is 0. The van der Waals surface area contributed by atoms with E-state index in [0.717, 1.165) is 0 Å². The van der Waals surface area contributed by atoms with Gasteiger partial charge in [0.1, 0.15) is 0 Å². The third-order valence-corrected chi connectivity index (χ3v) is 2.89. The highest BCUT2D eigenvalue weighted by atomic mass is 32.1. The van der Waals surface area contributed by atoms with Crippen LogP contribution in [0.15, 0.2) is 23.6 Å². The first-order valence-electron chi connectivity index (χ1n) is 5.13. The number of allylic oxidation sites excluding steroid dienone is 1. The Hall–Kier alpha value is -0.560. The van der Waals surface area contributed by atoms with Crippen molar-refractivity contribution in [3.8, 4) is 0 Å². The fourth-order valence-electron chi connectivity index (χ4n) is 1.27. The van der Waals surface area contributed by atoms with Crippen LogP contribution in [0.25, 0.3) is 6.08 Å². The normalized spacial score (nSPS) is 11.2. The van der Waals surface area contributed by atoms with Crippen molar-refractivity contribution in [2.45, 2.75) is 39.0 Å². The predicted octanol–water partition coefficient (Wildman–Crippen LogP) is 4.73. The molecule has 0 aromatic carbocycles. The van der Waals surface area contributed by atoms with Gasteiger partial charge in [0.15, 0.2) is 0 Å². The lowest BCUT2D eigenvalue weighted by Gasteiger charge is -1.93. The van der Waals surface area contributed by atoms with Gasteiger partial charge in [-0.15, -0.1) is 11.3 Å². The van der Waals surface area contributed by atoms with Gasteiger partial charge >= 0.3 is 0 Å². The second-order valence-corrected chi connectivity index (χ2v) is 4.25. The van der Waals surface area contributed by atoms with Gasteiger partial charge in [-0.2, -0.15) is 0 Å². The number of thiophene rings is 1. The predicted molar refractivity (Wildman–Crippen MR) is 62.1 cm³/mol. The van der Waals surface area contributed by atoms with Crippen molar-refractivity contribution in [3.05, 3.63) is 28.5 Å². The lowest BCUT2D eigenvalue weighted by molar-refractivity contribution is 0.675. The molecule has 0 fully saturated rings. The summed E-state index contributed by atoms with van der Waals surface area (Å²) in [7, 11) is 0. The molecule has 1 rings (SSSR count). The Balaban J connectivity index is 2.05. The maximum Gasteiger partial charge on any atom is 0.0267 e. The lowest BCUT2D eigenvalue weighted by Crippen LogP contribution is -1.73. The lowest BCUT2D eigenvalue weighted by atomic mass is 10.1. The molecule has 0 aliphatic carbocycles. The van der Waals surface area contributed by atoms with Crippen LogP contribution in [0, 0.1) is 0 Å². The van der Waals surface area contributed by atoms with Crippen LogP contribution in [0.4, 0.5) is 0 Å². The highest BCUT2D eigenvalue weighted by molar-refractivity contribution is 7.10. The van der Waals surface area contributed by atoms with Crippen LogP contribution in [-0.4, -0.2) is 0 Å². The topological polar surface area (TPSA) is 0 Å². The van der Waals surface area contributed by atoms with Crippen LogP contribution in [0.5, 0.6) is 0 Å². The molecule has 0 aliphatic rings. The van der Waals surface area contributed by atoms with Gasteiger partial charge < -0.3 is 0 Å². The smallest absolute Gasteiger partial charge is 0.0267 e. The number of rotatable bonds is 6. The first kappa shape index (κ1) is 10.5. The molecule has 0 saturated carbocycles. The SMILES string of the molecule is CCCCCC/C=C/c1cccs1. The molecular weight excluding hydrogens is 176 g/mol. The van der Waals surface area contributed by atoms with Gasteiger partial charge in [-0.1, -0.05) is 38.3 Å². The summed E-state index contributed by atoms with van der Waals surface area (Å²) in [6, 6.07) is 4.26. The third kappa shape index (κ3) is 4.89. The molecule has 0 bridgehead atoms. The molecule has 0 aliphatic heterocycles. The summed E-state index contributed by atoms with van der Waals surface area (Å²) in [5.41, 5.74) is 0. The molecule has 0 spiro atoms. The maximum absolute atomic E-state index is 2.29. The zero-order valence-electron chi connectivity index (χ0n) is 8.33. The Morgan fingerprint density at radius 3 is 2.92 bits per heavy atom. The minimum absolute atomic E-state index is 1.23. The zero-order chi connectivity index (χ0) is 9.36. The molecule has 0 saturated heterocycles. The molecule has 0 atom stereocenters. The standard InChI is InChI=1S/C12H18S/c1-2-3-4-5-6-7-9-12-10-8-11-13-12/h7-11H,2-6H2,1H3/b9-7+. The minimum atomic E-state index is 1.23. The second kappa shape index (κ2) is 6.90. The van der Waals surface area contributed by atoms with Crippen molar-refractivity contribution >= 4 is 17.4 Å². The van der Waals surface area contributed by atoms with E-state index in [2.05, 4.69) is 36.6 Å².